The molecule has 0 unspecified atom stereocenters. The van der Waals surface area contributed by atoms with E-state index in [-0.39, 0.29) is 11.4 Å². The van der Waals surface area contributed by atoms with Crippen molar-refractivity contribution in [2.24, 2.45) is 0 Å². The number of sulfonamides is 1. The number of nitrogens with zero attached hydrogens (tertiary/aromatic N) is 1. The van der Waals surface area contributed by atoms with Crippen LogP contribution in [0.4, 0.5) is 0 Å². The van der Waals surface area contributed by atoms with Crippen LogP contribution in [0.3, 0.4) is 0 Å². The number of benzene rings is 1. The fraction of sp³-hybridized carbons (Fsp3) is 0.182. The maximum Gasteiger partial charge on any atom is 0.240 e. The molecule has 0 aliphatic carbocycles. The van der Waals surface area contributed by atoms with E-state index in [1.807, 2.05) is 0 Å². The van der Waals surface area contributed by atoms with Crippen LogP contribution in [0.15, 0.2) is 46.2 Å². The van der Waals surface area contributed by atoms with Crippen molar-refractivity contribution in [3.05, 3.63) is 47.6 Å². The standard InChI is InChI=1S/C11H11ClN2O3S/c12-9-2-1-3-11(6-9)18(15,16)14-5-4-10-7-17-8-13-10/h1-3,6-8,14H,4-5H2. The normalized spacial score (nSPS) is 11.6. The molecule has 0 radical (unpaired) electrons. The average Bonchev–Trinajstić information content (AvgIpc) is 2.82. The van der Waals surface area contributed by atoms with Gasteiger partial charge in [0, 0.05) is 18.0 Å². The molecule has 1 heterocycles. The van der Waals surface area contributed by atoms with Gasteiger partial charge in [0.1, 0.15) is 6.26 Å². The van der Waals surface area contributed by atoms with Crippen molar-refractivity contribution in [1.82, 2.24) is 9.71 Å². The molecular formula is C11H11ClN2O3S. The van der Waals surface area contributed by atoms with Gasteiger partial charge in [-0.25, -0.2) is 18.1 Å². The second kappa shape index (κ2) is 5.51. The van der Waals surface area contributed by atoms with Crippen molar-refractivity contribution in [2.45, 2.75) is 11.3 Å². The monoisotopic (exact) mass is 286 g/mol. The zero-order chi connectivity index (χ0) is 13.0. The second-order valence-corrected chi connectivity index (χ2v) is 5.79. The van der Waals surface area contributed by atoms with Crippen molar-refractivity contribution in [1.29, 1.82) is 0 Å². The minimum Gasteiger partial charge on any atom is -0.451 e. The number of halogens is 1. The quantitative estimate of drug-likeness (QED) is 0.910. The zero-order valence-electron chi connectivity index (χ0n) is 9.34. The van der Waals surface area contributed by atoms with Crippen LogP contribution >= 0.6 is 11.6 Å². The lowest BCUT2D eigenvalue weighted by Crippen LogP contribution is -2.26. The number of rotatable bonds is 5. The third kappa shape index (κ3) is 3.32. The Hall–Kier alpha value is -1.37. The first-order valence-corrected chi connectivity index (χ1v) is 7.06. The molecule has 1 aromatic heterocycles. The van der Waals surface area contributed by atoms with Gasteiger partial charge in [0.15, 0.2) is 6.39 Å². The Morgan fingerprint density at radius 3 is 2.89 bits per heavy atom. The highest BCUT2D eigenvalue weighted by Crippen LogP contribution is 2.15. The Morgan fingerprint density at radius 1 is 1.39 bits per heavy atom. The number of nitrogens with one attached hydrogen (secondary N) is 1. The van der Waals surface area contributed by atoms with Crippen LogP contribution in [-0.2, 0) is 16.4 Å². The van der Waals surface area contributed by atoms with Gasteiger partial charge in [-0.3, -0.25) is 0 Å². The molecular weight excluding hydrogens is 276 g/mol. The van der Waals surface area contributed by atoms with Crippen LogP contribution in [0.5, 0.6) is 0 Å². The predicted molar refractivity (Wildman–Crippen MR) is 66.8 cm³/mol. The maximum absolute atomic E-state index is 11.9. The van der Waals surface area contributed by atoms with Gasteiger partial charge in [0.05, 0.1) is 10.6 Å². The molecule has 0 aliphatic rings. The van der Waals surface area contributed by atoms with Crippen LogP contribution in [0, 0.1) is 0 Å². The summed E-state index contributed by atoms with van der Waals surface area (Å²) in [6.45, 7) is 0.251. The van der Waals surface area contributed by atoms with E-state index in [1.54, 1.807) is 12.1 Å². The SMILES string of the molecule is O=S(=O)(NCCc1cocn1)c1cccc(Cl)c1. The number of aromatic nitrogens is 1. The highest BCUT2D eigenvalue weighted by Gasteiger charge is 2.13. The fourth-order valence-corrected chi connectivity index (χ4v) is 2.72. The largest absolute Gasteiger partial charge is 0.451 e. The summed E-state index contributed by atoms with van der Waals surface area (Å²) >= 11 is 5.75. The average molecular weight is 287 g/mol. The van der Waals surface area contributed by atoms with E-state index in [4.69, 9.17) is 16.0 Å². The minimum atomic E-state index is -3.53. The highest BCUT2D eigenvalue weighted by molar-refractivity contribution is 7.89. The summed E-state index contributed by atoms with van der Waals surface area (Å²) in [6.07, 6.45) is 3.25. The molecule has 18 heavy (non-hydrogen) atoms. The Kier molecular flexibility index (Phi) is 4.00. The second-order valence-electron chi connectivity index (χ2n) is 3.58. The topological polar surface area (TPSA) is 72.2 Å². The van der Waals surface area contributed by atoms with Gasteiger partial charge in [0.2, 0.25) is 10.0 Å². The van der Waals surface area contributed by atoms with Gasteiger partial charge in [-0.2, -0.15) is 0 Å². The van der Waals surface area contributed by atoms with Gasteiger partial charge in [0.25, 0.3) is 0 Å². The van der Waals surface area contributed by atoms with E-state index < -0.39 is 10.0 Å². The van der Waals surface area contributed by atoms with Gasteiger partial charge in [-0.15, -0.1) is 0 Å². The Bertz CT molecular complexity index is 611. The molecule has 5 nitrogen and oxygen atoms in total. The third-order valence-corrected chi connectivity index (χ3v) is 3.96. The predicted octanol–water partition coefficient (Wildman–Crippen LogP) is 1.85. The smallest absolute Gasteiger partial charge is 0.240 e. The summed E-state index contributed by atoms with van der Waals surface area (Å²) in [5, 5.41) is 0.384. The van der Waals surface area contributed by atoms with Gasteiger partial charge in [-0.1, -0.05) is 17.7 Å². The summed E-state index contributed by atoms with van der Waals surface area (Å²) in [5.74, 6) is 0. The van der Waals surface area contributed by atoms with E-state index >= 15 is 0 Å². The van der Waals surface area contributed by atoms with E-state index in [2.05, 4.69) is 9.71 Å². The first-order chi connectivity index (χ1) is 8.58. The van der Waals surface area contributed by atoms with E-state index in [9.17, 15) is 8.42 Å². The van der Waals surface area contributed by atoms with Crippen molar-refractivity contribution >= 4 is 21.6 Å². The van der Waals surface area contributed by atoms with Crippen LogP contribution in [0.25, 0.3) is 0 Å². The molecule has 0 aliphatic heterocycles. The number of oxazole rings is 1. The first-order valence-electron chi connectivity index (χ1n) is 5.20. The van der Waals surface area contributed by atoms with Crippen LogP contribution in [0.2, 0.25) is 5.02 Å². The van der Waals surface area contributed by atoms with Crippen molar-refractivity contribution < 1.29 is 12.8 Å². The fourth-order valence-electron chi connectivity index (χ4n) is 1.39. The van der Waals surface area contributed by atoms with Crippen molar-refractivity contribution in [2.75, 3.05) is 6.54 Å². The molecule has 1 N–H and O–H groups in total. The van der Waals surface area contributed by atoms with Gasteiger partial charge < -0.3 is 4.42 Å². The first kappa shape index (κ1) is 13.1. The van der Waals surface area contributed by atoms with Crippen molar-refractivity contribution in [3.63, 3.8) is 0 Å². The van der Waals surface area contributed by atoms with Crippen LogP contribution in [-0.4, -0.2) is 19.9 Å². The number of hydrogen-bond acceptors (Lipinski definition) is 4. The van der Waals surface area contributed by atoms with E-state index in [0.717, 1.165) is 0 Å². The molecule has 0 fully saturated rings. The zero-order valence-corrected chi connectivity index (χ0v) is 10.9. The molecule has 0 atom stereocenters. The molecule has 96 valence electrons. The lowest BCUT2D eigenvalue weighted by molar-refractivity contribution is 0.555. The molecule has 0 bridgehead atoms. The Morgan fingerprint density at radius 2 is 2.22 bits per heavy atom. The summed E-state index contributed by atoms with van der Waals surface area (Å²) in [5.41, 5.74) is 0.698. The summed E-state index contributed by atoms with van der Waals surface area (Å²) < 4.78 is 31.1. The molecule has 7 heteroatoms. The lowest BCUT2D eigenvalue weighted by atomic mass is 10.3. The molecule has 0 saturated carbocycles. The molecule has 0 spiro atoms. The van der Waals surface area contributed by atoms with Crippen molar-refractivity contribution in [3.8, 4) is 0 Å². The van der Waals surface area contributed by atoms with Crippen LogP contribution in [0.1, 0.15) is 5.69 Å². The molecule has 2 aromatic rings. The third-order valence-electron chi connectivity index (χ3n) is 2.26. The summed E-state index contributed by atoms with van der Waals surface area (Å²) in [6, 6.07) is 6.11. The molecule has 0 saturated heterocycles. The maximum atomic E-state index is 11.9. The summed E-state index contributed by atoms with van der Waals surface area (Å²) in [4.78, 5) is 4.05. The Balaban J connectivity index is 1.99. The molecule has 0 amide bonds. The lowest BCUT2D eigenvalue weighted by Gasteiger charge is -2.05. The number of hydrogen-bond donors (Lipinski definition) is 1. The van der Waals surface area contributed by atoms with Gasteiger partial charge >= 0.3 is 0 Å². The Labute approximate surface area is 110 Å². The van der Waals surface area contributed by atoms with E-state index in [1.165, 1.54) is 24.8 Å². The van der Waals surface area contributed by atoms with Gasteiger partial charge in [-0.05, 0) is 18.2 Å². The molecule has 1 aromatic carbocycles. The highest BCUT2D eigenvalue weighted by atomic mass is 35.5. The minimum absolute atomic E-state index is 0.148. The summed E-state index contributed by atoms with van der Waals surface area (Å²) in [7, 11) is -3.53. The molecule has 2 rings (SSSR count). The van der Waals surface area contributed by atoms with E-state index in [0.29, 0.717) is 17.1 Å². The van der Waals surface area contributed by atoms with Crippen LogP contribution < -0.4 is 4.72 Å².